The average Bonchev–Trinajstić information content (AvgIpc) is 3.20. The van der Waals surface area contributed by atoms with Crippen molar-refractivity contribution in [2.24, 2.45) is 0 Å². The van der Waals surface area contributed by atoms with E-state index in [-0.39, 0.29) is 17.8 Å². The molecule has 1 atom stereocenters. The van der Waals surface area contributed by atoms with E-state index >= 15 is 0 Å². The van der Waals surface area contributed by atoms with Gasteiger partial charge in [-0.05, 0) is 43.7 Å². The minimum absolute atomic E-state index is 0.0528. The summed E-state index contributed by atoms with van der Waals surface area (Å²) in [5, 5.41) is 10.1. The number of carbonyl (C=O) groups is 1. The molecule has 6 nitrogen and oxygen atoms in total. The van der Waals surface area contributed by atoms with E-state index in [0.717, 1.165) is 19.5 Å². The summed E-state index contributed by atoms with van der Waals surface area (Å²) in [5.41, 5.74) is 0.702. The predicted octanol–water partition coefficient (Wildman–Crippen LogP) is 1.68. The second-order valence-electron chi connectivity index (χ2n) is 5.63. The van der Waals surface area contributed by atoms with Gasteiger partial charge in [0.05, 0.1) is 0 Å². The van der Waals surface area contributed by atoms with E-state index in [1.165, 1.54) is 12.1 Å². The molecule has 0 radical (unpaired) electrons. The van der Waals surface area contributed by atoms with E-state index in [9.17, 15) is 9.18 Å². The smallest absolute Gasteiger partial charge is 0.226 e. The van der Waals surface area contributed by atoms with Crippen molar-refractivity contribution >= 4 is 5.91 Å². The van der Waals surface area contributed by atoms with E-state index in [1.807, 2.05) is 0 Å². The van der Waals surface area contributed by atoms with Crippen molar-refractivity contribution in [2.45, 2.75) is 31.7 Å². The summed E-state index contributed by atoms with van der Waals surface area (Å²) >= 11 is 0. The van der Waals surface area contributed by atoms with Crippen LogP contribution in [0.15, 0.2) is 28.8 Å². The summed E-state index contributed by atoms with van der Waals surface area (Å²) in [5.74, 6) is 0.666. The molecule has 0 aliphatic carbocycles. The zero-order valence-corrected chi connectivity index (χ0v) is 12.7. The van der Waals surface area contributed by atoms with Crippen molar-refractivity contribution in [3.05, 3.63) is 36.0 Å². The summed E-state index contributed by atoms with van der Waals surface area (Å²) in [6.07, 6.45) is 2.61. The van der Waals surface area contributed by atoms with Crippen molar-refractivity contribution in [2.75, 3.05) is 13.1 Å². The Kier molecular flexibility index (Phi) is 4.97. The molecule has 0 spiro atoms. The maximum Gasteiger partial charge on any atom is 0.226 e. The molecule has 1 aliphatic rings. The summed E-state index contributed by atoms with van der Waals surface area (Å²) in [7, 11) is 0. The van der Waals surface area contributed by atoms with Crippen LogP contribution < -0.4 is 10.6 Å². The van der Waals surface area contributed by atoms with E-state index in [1.54, 1.807) is 12.1 Å². The zero-order valence-electron chi connectivity index (χ0n) is 12.7. The maximum absolute atomic E-state index is 12.9. The molecule has 7 heteroatoms. The fraction of sp³-hybridized carbons (Fsp3) is 0.438. The van der Waals surface area contributed by atoms with E-state index in [0.29, 0.717) is 36.5 Å². The third kappa shape index (κ3) is 4.35. The van der Waals surface area contributed by atoms with E-state index in [2.05, 4.69) is 20.8 Å². The van der Waals surface area contributed by atoms with Crippen LogP contribution >= 0.6 is 0 Å². The van der Waals surface area contributed by atoms with Gasteiger partial charge in [-0.15, -0.1) is 0 Å². The Hall–Kier alpha value is -2.28. The molecule has 1 unspecified atom stereocenters. The lowest BCUT2D eigenvalue weighted by atomic mass is 10.2. The molecule has 2 aromatic rings. The van der Waals surface area contributed by atoms with Gasteiger partial charge in [0.2, 0.25) is 17.6 Å². The molecule has 1 saturated heterocycles. The van der Waals surface area contributed by atoms with Crippen LogP contribution in [0.2, 0.25) is 0 Å². The molecule has 3 rings (SSSR count). The van der Waals surface area contributed by atoms with Gasteiger partial charge in [0.25, 0.3) is 0 Å². The standard InChI is InChI=1S/C16H19FN4O2/c17-12-6-4-11(5-7-12)16-20-15(23-21-16)3-1-2-14(22)19-13-8-9-18-10-13/h4-7,13,18H,1-3,8-10H2,(H,19,22). The van der Waals surface area contributed by atoms with Gasteiger partial charge >= 0.3 is 0 Å². The Labute approximate surface area is 133 Å². The Morgan fingerprint density at radius 3 is 2.96 bits per heavy atom. The minimum atomic E-state index is -0.305. The molecule has 1 amide bonds. The van der Waals surface area contributed by atoms with Crippen LogP contribution in [0.1, 0.15) is 25.2 Å². The highest BCUT2D eigenvalue weighted by Crippen LogP contribution is 2.16. The largest absolute Gasteiger partial charge is 0.352 e. The third-order valence-corrected chi connectivity index (χ3v) is 3.79. The highest BCUT2D eigenvalue weighted by Gasteiger charge is 2.16. The van der Waals surface area contributed by atoms with Gasteiger partial charge in [-0.1, -0.05) is 5.16 Å². The first-order valence-corrected chi connectivity index (χ1v) is 7.79. The Morgan fingerprint density at radius 1 is 1.39 bits per heavy atom. The molecule has 1 fully saturated rings. The SMILES string of the molecule is O=C(CCCc1nc(-c2ccc(F)cc2)no1)NC1CCNC1. The molecule has 0 bridgehead atoms. The van der Waals surface area contributed by atoms with Crippen LogP contribution in [0.3, 0.4) is 0 Å². The number of amides is 1. The Bertz CT molecular complexity index is 650. The van der Waals surface area contributed by atoms with Gasteiger partial charge in [-0.2, -0.15) is 4.98 Å². The molecule has 1 aromatic carbocycles. The van der Waals surface area contributed by atoms with E-state index < -0.39 is 0 Å². The number of halogens is 1. The number of carbonyl (C=O) groups excluding carboxylic acids is 1. The van der Waals surface area contributed by atoms with Gasteiger partial charge in [-0.25, -0.2) is 4.39 Å². The second kappa shape index (κ2) is 7.32. The Balaban J connectivity index is 1.45. The summed E-state index contributed by atoms with van der Waals surface area (Å²) < 4.78 is 18.1. The normalized spacial score (nSPS) is 17.3. The van der Waals surface area contributed by atoms with Crippen LogP contribution in [0, 0.1) is 5.82 Å². The number of nitrogens with one attached hydrogen (secondary N) is 2. The van der Waals surface area contributed by atoms with Crippen molar-refractivity contribution in [1.82, 2.24) is 20.8 Å². The fourth-order valence-electron chi connectivity index (χ4n) is 2.55. The quantitative estimate of drug-likeness (QED) is 0.847. The first-order chi connectivity index (χ1) is 11.2. The maximum atomic E-state index is 12.9. The molecule has 0 saturated carbocycles. The van der Waals surface area contributed by atoms with Crippen LogP contribution in [0.25, 0.3) is 11.4 Å². The van der Waals surface area contributed by atoms with Crippen molar-refractivity contribution < 1.29 is 13.7 Å². The number of aryl methyl sites for hydroxylation is 1. The van der Waals surface area contributed by atoms with Gasteiger partial charge < -0.3 is 15.2 Å². The van der Waals surface area contributed by atoms with E-state index in [4.69, 9.17) is 4.52 Å². The van der Waals surface area contributed by atoms with Crippen LogP contribution in [0.4, 0.5) is 4.39 Å². The molecule has 122 valence electrons. The molecule has 1 aromatic heterocycles. The van der Waals surface area contributed by atoms with Crippen LogP contribution in [0.5, 0.6) is 0 Å². The first-order valence-electron chi connectivity index (χ1n) is 7.79. The molecule has 2 N–H and O–H groups in total. The zero-order chi connectivity index (χ0) is 16.1. The van der Waals surface area contributed by atoms with Crippen LogP contribution in [-0.2, 0) is 11.2 Å². The third-order valence-electron chi connectivity index (χ3n) is 3.79. The monoisotopic (exact) mass is 318 g/mol. The second-order valence-corrected chi connectivity index (χ2v) is 5.63. The van der Waals surface area contributed by atoms with Gasteiger partial charge in [0.1, 0.15) is 5.82 Å². The number of benzene rings is 1. The lowest BCUT2D eigenvalue weighted by Crippen LogP contribution is -2.36. The van der Waals surface area contributed by atoms with Crippen molar-refractivity contribution in [1.29, 1.82) is 0 Å². The summed E-state index contributed by atoms with van der Waals surface area (Å²) in [6.45, 7) is 1.80. The number of hydrogen-bond acceptors (Lipinski definition) is 5. The molecular formula is C16H19FN4O2. The number of aromatic nitrogens is 2. The Morgan fingerprint density at radius 2 is 2.22 bits per heavy atom. The molecule has 2 heterocycles. The molecule has 1 aliphatic heterocycles. The van der Waals surface area contributed by atoms with Gasteiger partial charge in [0.15, 0.2) is 0 Å². The number of nitrogens with zero attached hydrogens (tertiary/aromatic N) is 2. The summed E-state index contributed by atoms with van der Waals surface area (Å²) in [4.78, 5) is 16.1. The number of rotatable bonds is 6. The van der Waals surface area contributed by atoms with Gasteiger partial charge in [-0.3, -0.25) is 4.79 Å². The van der Waals surface area contributed by atoms with Gasteiger partial charge in [0, 0.05) is 31.0 Å². The minimum Gasteiger partial charge on any atom is -0.352 e. The lowest BCUT2D eigenvalue weighted by Gasteiger charge is -2.10. The first kappa shape index (κ1) is 15.6. The average molecular weight is 318 g/mol. The van der Waals surface area contributed by atoms with Crippen molar-refractivity contribution in [3.8, 4) is 11.4 Å². The predicted molar refractivity (Wildman–Crippen MR) is 82.0 cm³/mol. The topological polar surface area (TPSA) is 80.0 Å². The molecular weight excluding hydrogens is 299 g/mol. The lowest BCUT2D eigenvalue weighted by molar-refractivity contribution is -0.121. The fourth-order valence-corrected chi connectivity index (χ4v) is 2.55. The molecule has 23 heavy (non-hydrogen) atoms. The highest BCUT2D eigenvalue weighted by atomic mass is 19.1. The summed E-state index contributed by atoms with van der Waals surface area (Å²) in [6, 6.07) is 6.16. The number of hydrogen-bond donors (Lipinski definition) is 2. The van der Waals surface area contributed by atoms with Crippen LogP contribution in [-0.4, -0.2) is 35.2 Å². The van der Waals surface area contributed by atoms with Crippen molar-refractivity contribution in [3.63, 3.8) is 0 Å². The highest BCUT2D eigenvalue weighted by molar-refractivity contribution is 5.76.